The number of aliphatic hydroxyl groups excluding tert-OH is 2. The highest BCUT2D eigenvalue weighted by molar-refractivity contribution is 6.12. The normalized spacial score (nSPS) is 10.2. The highest BCUT2D eigenvalue weighted by atomic mass is 16.7. The van der Waals surface area contributed by atoms with Gasteiger partial charge in [-0.1, -0.05) is 236 Å². The van der Waals surface area contributed by atoms with E-state index in [1.54, 1.807) is 0 Å². The summed E-state index contributed by atoms with van der Waals surface area (Å²) in [6.45, 7) is 3.07. The Morgan fingerprint density at radius 1 is 0.302 bits per heavy atom. The molecule has 14 aromatic carbocycles. The van der Waals surface area contributed by atoms with E-state index < -0.39 is 6.16 Å². The van der Waals surface area contributed by atoms with Gasteiger partial charge in [-0.15, -0.1) is 6.42 Å². The molecule has 0 aliphatic rings. The van der Waals surface area contributed by atoms with E-state index in [9.17, 15) is 15.0 Å². The topological polar surface area (TPSA) is 113 Å². The van der Waals surface area contributed by atoms with Crippen LogP contribution >= 0.6 is 0 Å². The minimum atomic E-state index is -0.896. The lowest BCUT2D eigenvalue weighted by Gasteiger charge is -2.20. The van der Waals surface area contributed by atoms with Crippen LogP contribution in [0.1, 0.15) is 55.6 Å². The van der Waals surface area contributed by atoms with Crippen LogP contribution in [0.25, 0.3) is 71.4 Å². The number of hydrogen-bond donors (Lipinski definition) is 2. The number of carbonyl (C=O) groups is 1. The van der Waals surface area contributed by atoms with E-state index in [1.165, 1.54) is 5.56 Å². The van der Waals surface area contributed by atoms with Gasteiger partial charge in [0, 0.05) is 72.3 Å². The van der Waals surface area contributed by atoms with Crippen molar-refractivity contribution in [3.63, 3.8) is 0 Å². The number of carbonyl (C=O) groups excluding carboxylic acids is 1. The van der Waals surface area contributed by atoms with E-state index in [-0.39, 0.29) is 52.9 Å². The van der Waals surface area contributed by atoms with Crippen LogP contribution in [0.15, 0.2) is 310 Å². The summed E-state index contributed by atoms with van der Waals surface area (Å²) >= 11 is 0. The second-order valence-electron chi connectivity index (χ2n) is 23.9. The third kappa shape index (κ3) is 19.4. The first-order chi connectivity index (χ1) is 52.3. The van der Waals surface area contributed by atoms with E-state index in [0.29, 0.717) is 23.0 Å². The van der Waals surface area contributed by atoms with Gasteiger partial charge in [-0.2, -0.15) is 0 Å². The van der Waals surface area contributed by atoms with Crippen molar-refractivity contribution in [2.24, 2.45) is 0 Å². The van der Waals surface area contributed by atoms with Crippen molar-refractivity contribution in [3.8, 4) is 105 Å². The van der Waals surface area contributed by atoms with Gasteiger partial charge in [0.2, 0.25) is 0 Å². The first-order valence-electron chi connectivity index (χ1n) is 34.6. The lowest BCUT2D eigenvalue weighted by Crippen LogP contribution is -2.17. The molecule has 0 heterocycles. The highest BCUT2D eigenvalue weighted by Crippen LogP contribution is 2.48. The van der Waals surface area contributed by atoms with Crippen LogP contribution < -0.4 is 18.9 Å². The summed E-state index contributed by atoms with van der Waals surface area (Å²) < 4.78 is 37.0. The van der Waals surface area contributed by atoms with E-state index in [0.717, 1.165) is 115 Å². The van der Waals surface area contributed by atoms with Gasteiger partial charge in [-0.3, -0.25) is 0 Å². The average molecular weight is 1380 g/mol. The molecule has 14 rings (SSSR count). The fourth-order valence-electron chi connectivity index (χ4n) is 11.8. The van der Waals surface area contributed by atoms with Crippen molar-refractivity contribution in [1.29, 1.82) is 0 Å². The van der Waals surface area contributed by atoms with Crippen molar-refractivity contribution >= 4 is 55.3 Å². The van der Waals surface area contributed by atoms with Gasteiger partial charge in [0.25, 0.3) is 0 Å². The number of fused-ring (bicyclic) bond motifs is 4. The quantitative estimate of drug-likeness (QED) is 0.0523. The lowest BCUT2D eigenvalue weighted by molar-refractivity contribution is 0.0384. The van der Waals surface area contributed by atoms with Crippen molar-refractivity contribution < 1.29 is 43.4 Å². The van der Waals surface area contributed by atoms with Crippen molar-refractivity contribution in [2.45, 2.75) is 0 Å². The molecule has 0 bridgehead atoms. The van der Waals surface area contributed by atoms with Crippen LogP contribution in [-0.4, -0.2) is 69.2 Å². The summed E-state index contributed by atoms with van der Waals surface area (Å²) in [7, 11) is 0. The molecular formula is C97H72O9. The molecule has 0 saturated heterocycles. The Morgan fingerprint density at radius 3 is 0.802 bits per heavy atom. The average Bonchev–Trinajstić information content (AvgIpc) is 0.755. The SMILES string of the molecule is C#Cc1ccccc1.C=Cc1ccccc1.O=C(OCCOc1ccc2cc(C#Cc3ccccc3)ccc2c1-c1c(OCCO)ccc2cc(C#Cc3ccccc3)ccc12)OCCOc1ccc2cc(C#Cc3ccccc3)ccc2c1-c1c(OCCO)ccc2cc(C#Cc3ccccc3)ccc12. The minimum Gasteiger partial charge on any atom is -0.491 e. The van der Waals surface area contributed by atoms with E-state index in [1.807, 2.05) is 309 Å². The maximum Gasteiger partial charge on any atom is 0.508 e. The fraction of sp³-hybridized carbons (Fsp3) is 0.0825. The fourth-order valence-corrected chi connectivity index (χ4v) is 11.8. The largest absolute Gasteiger partial charge is 0.508 e. The molecule has 14 aromatic rings. The van der Waals surface area contributed by atoms with Crippen LogP contribution in [0.5, 0.6) is 23.0 Å². The molecule has 0 aromatic heterocycles. The monoisotopic (exact) mass is 1380 g/mol. The summed E-state index contributed by atoms with van der Waals surface area (Å²) in [6.07, 6.45) is 6.04. The Morgan fingerprint density at radius 2 is 0.557 bits per heavy atom. The van der Waals surface area contributed by atoms with Crippen LogP contribution in [0.4, 0.5) is 4.79 Å². The van der Waals surface area contributed by atoms with Gasteiger partial charge in [0.15, 0.2) is 0 Å². The molecule has 0 radical (unpaired) electrons. The van der Waals surface area contributed by atoms with Gasteiger partial charge in [-0.05, 0) is 182 Å². The first kappa shape index (κ1) is 71.9. The molecule has 0 fully saturated rings. The standard InChI is InChI=1S/C81H58O9.C8H8.C8H6/c82-45-47-85-73-41-33-65-53-61(25-21-57-13-5-1-6-14-57)29-37-69(65)77(73)79-71-39-31-63(27-23-59-17-9-3-10-18-59)55-67(71)35-43-75(79)87-49-51-89-81(84)90-52-50-88-76-44-36-68-56-64(28-24-60-19-11-4-12-20-60)32-40-72(68)80(76)78-70-38-30-62(26-22-58-15-7-2-8-16-58)54-66(70)34-42-74(78)86-48-46-83;2*1-2-8-6-4-3-5-7-8/h1-20,29-44,53-56,82-83H,45-52H2;2-7H,1H2;1,3-7H. The first-order valence-corrected chi connectivity index (χ1v) is 34.6. The zero-order valence-electron chi connectivity index (χ0n) is 58.1. The number of ether oxygens (including phenoxy) is 6. The van der Waals surface area contributed by atoms with Gasteiger partial charge < -0.3 is 38.6 Å². The molecule has 514 valence electrons. The number of aliphatic hydroxyl groups is 2. The molecule has 0 spiro atoms. The molecule has 0 atom stereocenters. The van der Waals surface area contributed by atoms with Gasteiger partial charge >= 0.3 is 6.16 Å². The van der Waals surface area contributed by atoms with Gasteiger partial charge in [-0.25, -0.2) is 4.79 Å². The Balaban J connectivity index is 0.000000583. The van der Waals surface area contributed by atoms with Crippen LogP contribution in [-0.2, 0) is 9.47 Å². The second kappa shape index (κ2) is 37.1. The van der Waals surface area contributed by atoms with Crippen LogP contribution in [0.3, 0.4) is 0 Å². The summed E-state index contributed by atoms with van der Waals surface area (Å²) in [5.74, 6) is 31.0. The number of benzene rings is 14. The Labute approximate surface area is 618 Å². The number of terminal acetylenes is 1. The molecule has 0 aliphatic carbocycles. The maximum atomic E-state index is 13.4. The Kier molecular flexibility index (Phi) is 25.2. The van der Waals surface area contributed by atoms with E-state index >= 15 is 0 Å². The smallest absolute Gasteiger partial charge is 0.491 e. The van der Waals surface area contributed by atoms with Gasteiger partial charge in [0.1, 0.15) is 62.6 Å². The third-order valence-electron chi connectivity index (χ3n) is 16.7. The molecule has 0 unspecified atom stereocenters. The minimum absolute atomic E-state index is 0.0195. The van der Waals surface area contributed by atoms with Crippen molar-refractivity contribution in [3.05, 3.63) is 366 Å². The number of hydrogen-bond acceptors (Lipinski definition) is 9. The molecule has 0 saturated carbocycles. The number of rotatable bonds is 17. The molecule has 0 aliphatic heterocycles. The molecule has 9 nitrogen and oxygen atoms in total. The Bertz CT molecular complexity index is 5380. The lowest BCUT2D eigenvalue weighted by atomic mass is 9.91. The summed E-state index contributed by atoms with van der Waals surface area (Å²) in [5.41, 5.74) is 12.1. The maximum absolute atomic E-state index is 13.4. The van der Waals surface area contributed by atoms with Crippen molar-refractivity contribution in [2.75, 3.05) is 52.9 Å². The van der Waals surface area contributed by atoms with Crippen LogP contribution in [0, 0.1) is 59.7 Å². The molecule has 9 heteroatoms. The highest BCUT2D eigenvalue weighted by Gasteiger charge is 2.23. The zero-order chi connectivity index (χ0) is 72.9. The van der Waals surface area contributed by atoms with Gasteiger partial charge in [0.05, 0.1) is 13.2 Å². The third-order valence-corrected chi connectivity index (χ3v) is 16.7. The van der Waals surface area contributed by atoms with Crippen molar-refractivity contribution in [1.82, 2.24) is 0 Å². The Hall–Kier alpha value is -14.0. The predicted molar refractivity (Wildman–Crippen MR) is 428 cm³/mol. The van der Waals surface area contributed by atoms with E-state index in [4.69, 9.17) is 34.8 Å². The molecule has 106 heavy (non-hydrogen) atoms. The predicted octanol–water partition coefficient (Wildman–Crippen LogP) is 19.6. The second-order valence-corrected chi connectivity index (χ2v) is 23.9. The molecular weight excluding hydrogens is 1310 g/mol. The van der Waals surface area contributed by atoms with Crippen LogP contribution in [0.2, 0.25) is 0 Å². The molecule has 0 amide bonds. The summed E-state index contributed by atoms with van der Waals surface area (Å²) in [5, 5.41) is 27.1. The summed E-state index contributed by atoms with van der Waals surface area (Å²) in [6, 6.07) is 98.8. The zero-order valence-corrected chi connectivity index (χ0v) is 58.1. The summed E-state index contributed by atoms with van der Waals surface area (Å²) in [4.78, 5) is 13.4. The van der Waals surface area contributed by atoms with E-state index in [2.05, 4.69) is 59.9 Å². The molecule has 2 N–H and O–H groups in total.